The minimum Gasteiger partial charge on any atom is -0.463 e. The Labute approximate surface area is 170 Å². The first-order chi connectivity index (χ1) is 13.7. The number of nitrogens with zero attached hydrogens (tertiary/aromatic N) is 1. The average Bonchev–Trinajstić information content (AvgIpc) is 3.31. The number of furan rings is 1. The Balaban J connectivity index is 1.54. The van der Waals surface area contributed by atoms with Gasteiger partial charge in [0.2, 0.25) is 0 Å². The van der Waals surface area contributed by atoms with Gasteiger partial charge in [-0.25, -0.2) is 0 Å². The van der Waals surface area contributed by atoms with E-state index in [1.165, 1.54) is 53.6 Å². The van der Waals surface area contributed by atoms with E-state index >= 15 is 0 Å². The lowest BCUT2D eigenvalue weighted by Gasteiger charge is -2.63. The number of fused-ring (bicyclic) bond motifs is 3. The van der Waals surface area contributed by atoms with Crippen molar-refractivity contribution in [3.63, 3.8) is 0 Å². The summed E-state index contributed by atoms with van der Waals surface area (Å²) >= 11 is 2.04. The van der Waals surface area contributed by atoms with Crippen LogP contribution in [0, 0.1) is 30.6 Å². The molecule has 4 saturated carbocycles. The Kier molecular flexibility index (Phi) is 3.01. The SMILES string of the molecule is Cc1ccccc1N1[C@@H](C)c2c(sc3ccoc23)C12C1CC3CC(C1)CC2C3. The van der Waals surface area contributed by atoms with E-state index in [-0.39, 0.29) is 5.54 Å². The molecule has 1 spiro atoms. The van der Waals surface area contributed by atoms with Crippen LogP contribution in [-0.2, 0) is 5.54 Å². The molecule has 0 saturated heterocycles. The molecule has 1 aliphatic heterocycles. The zero-order valence-corrected chi connectivity index (χ0v) is 17.5. The summed E-state index contributed by atoms with van der Waals surface area (Å²) in [5.74, 6) is 3.56. The molecule has 3 aromatic rings. The molecule has 5 aliphatic rings. The van der Waals surface area contributed by atoms with Gasteiger partial charge in [-0.3, -0.25) is 0 Å². The van der Waals surface area contributed by atoms with Gasteiger partial charge in [-0.1, -0.05) is 18.2 Å². The Morgan fingerprint density at radius 1 is 1.00 bits per heavy atom. The lowest BCUT2D eigenvalue weighted by molar-refractivity contribution is -0.0588. The Bertz CT molecular complexity index is 1060. The van der Waals surface area contributed by atoms with Gasteiger partial charge in [0.05, 0.1) is 22.5 Å². The van der Waals surface area contributed by atoms with Crippen LogP contribution in [0.1, 0.15) is 61.1 Å². The van der Waals surface area contributed by atoms with Crippen molar-refractivity contribution in [1.29, 1.82) is 0 Å². The maximum Gasteiger partial charge on any atom is 0.150 e. The van der Waals surface area contributed by atoms with Crippen LogP contribution in [0.15, 0.2) is 41.0 Å². The second-order valence-electron chi connectivity index (χ2n) is 9.92. The molecule has 1 atom stereocenters. The summed E-state index contributed by atoms with van der Waals surface area (Å²) < 4.78 is 7.41. The molecule has 0 radical (unpaired) electrons. The number of hydrogen-bond acceptors (Lipinski definition) is 3. The van der Waals surface area contributed by atoms with Gasteiger partial charge >= 0.3 is 0 Å². The third-order valence-corrected chi connectivity index (χ3v) is 9.95. The number of aryl methyl sites for hydroxylation is 1. The lowest BCUT2D eigenvalue weighted by atomic mass is 9.48. The zero-order valence-electron chi connectivity index (χ0n) is 16.7. The van der Waals surface area contributed by atoms with Crippen LogP contribution in [-0.4, -0.2) is 0 Å². The predicted molar refractivity (Wildman–Crippen MR) is 115 cm³/mol. The molecule has 3 heteroatoms. The van der Waals surface area contributed by atoms with E-state index in [0.717, 1.165) is 29.3 Å². The molecule has 2 aromatic heterocycles. The van der Waals surface area contributed by atoms with Crippen molar-refractivity contribution in [3.05, 3.63) is 52.6 Å². The van der Waals surface area contributed by atoms with Gasteiger partial charge in [0, 0.05) is 16.1 Å². The number of benzene rings is 1. The van der Waals surface area contributed by atoms with Crippen LogP contribution in [0.5, 0.6) is 0 Å². The topological polar surface area (TPSA) is 16.4 Å². The summed E-state index contributed by atoms with van der Waals surface area (Å²) in [5, 5.41) is 0. The van der Waals surface area contributed by atoms with Crippen LogP contribution in [0.2, 0.25) is 0 Å². The summed E-state index contributed by atoms with van der Waals surface area (Å²) in [5.41, 5.74) is 5.72. The van der Waals surface area contributed by atoms with Crippen molar-refractivity contribution in [1.82, 2.24) is 0 Å². The van der Waals surface area contributed by atoms with Crippen LogP contribution in [0.4, 0.5) is 5.69 Å². The number of para-hydroxylation sites is 1. The molecule has 2 nitrogen and oxygen atoms in total. The van der Waals surface area contributed by atoms with Crippen LogP contribution < -0.4 is 4.90 Å². The number of hydrogen-bond donors (Lipinski definition) is 0. The second-order valence-corrected chi connectivity index (χ2v) is 11.0. The molecule has 0 unspecified atom stereocenters. The highest BCUT2D eigenvalue weighted by Gasteiger charge is 2.65. The van der Waals surface area contributed by atoms with E-state index in [1.807, 2.05) is 17.6 Å². The molecule has 4 bridgehead atoms. The zero-order chi connectivity index (χ0) is 18.6. The van der Waals surface area contributed by atoms with Crippen molar-refractivity contribution in [3.8, 4) is 0 Å². The first-order valence-corrected chi connectivity index (χ1v) is 11.8. The second kappa shape index (κ2) is 5.24. The van der Waals surface area contributed by atoms with Crippen LogP contribution in [0.3, 0.4) is 0 Å². The van der Waals surface area contributed by atoms with E-state index in [0.29, 0.717) is 6.04 Å². The van der Waals surface area contributed by atoms with Crippen LogP contribution in [0.25, 0.3) is 10.3 Å². The molecule has 1 aromatic carbocycles. The van der Waals surface area contributed by atoms with Crippen LogP contribution >= 0.6 is 11.3 Å². The summed E-state index contributed by atoms with van der Waals surface area (Å²) in [6.45, 7) is 4.72. The Hall–Kier alpha value is -1.74. The molecule has 0 N–H and O–H groups in total. The predicted octanol–water partition coefficient (Wildman–Crippen LogP) is 7.04. The van der Waals surface area contributed by atoms with Gasteiger partial charge in [-0.15, -0.1) is 11.3 Å². The normalized spacial score (nSPS) is 38.1. The van der Waals surface area contributed by atoms with E-state index < -0.39 is 0 Å². The molecule has 4 aliphatic carbocycles. The maximum absolute atomic E-state index is 6.06. The minimum absolute atomic E-state index is 0.195. The lowest BCUT2D eigenvalue weighted by Crippen LogP contribution is -2.62. The van der Waals surface area contributed by atoms with Crippen molar-refractivity contribution in [2.24, 2.45) is 23.7 Å². The summed E-state index contributed by atoms with van der Waals surface area (Å²) in [4.78, 5) is 4.53. The molecular formula is C25H27NOS. The maximum atomic E-state index is 6.06. The van der Waals surface area contributed by atoms with Crippen molar-refractivity contribution >= 4 is 27.3 Å². The summed E-state index contributed by atoms with van der Waals surface area (Å²) in [7, 11) is 0. The fourth-order valence-electron chi connectivity index (χ4n) is 7.99. The minimum atomic E-state index is 0.195. The Morgan fingerprint density at radius 3 is 2.43 bits per heavy atom. The highest BCUT2D eigenvalue weighted by molar-refractivity contribution is 7.19. The van der Waals surface area contributed by atoms with Gasteiger partial charge in [-0.2, -0.15) is 0 Å². The highest BCUT2D eigenvalue weighted by Crippen LogP contribution is 2.70. The van der Waals surface area contributed by atoms with Gasteiger partial charge < -0.3 is 9.32 Å². The quantitative estimate of drug-likeness (QED) is 0.444. The molecular weight excluding hydrogens is 362 g/mol. The Morgan fingerprint density at radius 2 is 1.71 bits per heavy atom. The molecule has 4 fully saturated rings. The number of anilines is 1. The monoisotopic (exact) mass is 389 g/mol. The first kappa shape index (κ1) is 16.1. The fourth-order valence-corrected chi connectivity index (χ4v) is 9.55. The summed E-state index contributed by atoms with van der Waals surface area (Å²) in [6.07, 6.45) is 9.11. The van der Waals surface area contributed by atoms with Crippen molar-refractivity contribution in [2.45, 2.75) is 57.5 Å². The molecule has 0 amide bonds. The largest absolute Gasteiger partial charge is 0.463 e. The third kappa shape index (κ3) is 1.72. The van der Waals surface area contributed by atoms with Gasteiger partial charge in [-0.05, 0) is 87.3 Å². The molecule has 8 rings (SSSR count). The van der Waals surface area contributed by atoms with Crippen molar-refractivity contribution in [2.75, 3.05) is 4.90 Å². The van der Waals surface area contributed by atoms with Crippen molar-refractivity contribution < 1.29 is 4.42 Å². The summed E-state index contributed by atoms with van der Waals surface area (Å²) in [6, 6.07) is 11.6. The van der Waals surface area contributed by atoms with Gasteiger partial charge in [0.15, 0.2) is 0 Å². The number of rotatable bonds is 1. The van der Waals surface area contributed by atoms with E-state index in [9.17, 15) is 0 Å². The number of thiophene rings is 1. The molecule has 3 heterocycles. The third-order valence-electron chi connectivity index (χ3n) is 8.66. The van der Waals surface area contributed by atoms with Gasteiger partial charge in [0.25, 0.3) is 0 Å². The fraction of sp³-hybridized carbons (Fsp3) is 0.520. The standard InChI is InChI=1S/C25H27NOS/c1-14-5-3-4-6-20(14)26-15(2)22-23-21(7-8-27-23)28-24(22)25(26)18-10-16-9-17(12-18)13-19(25)11-16/h3-8,15-19H,9-13H2,1-2H3/t15-,16?,17?,18?,19?,25?/m0/s1. The van der Waals surface area contributed by atoms with E-state index in [1.54, 1.807) is 4.88 Å². The van der Waals surface area contributed by atoms with Gasteiger partial charge in [0.1, 0.15) is 5.58 Å². The highest BCUT2D eigenvalue weighted by atomic mass is 32.1. The molecule has 28 heavy (non-hydrogen) atoms. The first-order valence-electron chi connectivity index (χ1n) is 11.0. The van der Waals surface area contributed by atoms with E-state index in [2.05, 4.69) is 49.1 Å². The molecule has 144 valence electrons. The van der Waals surface area contributed by atoms with E-state index in [4.69, 9.17) is 4.42 Å². The smallest absolute Gasteiger partial charge is 0.150 e. The average molecular weight is 390 g/mol.